The molecule has 0 aliphatic heterocycles. The van der Waals surface area contributed by atoms with E-state index >= 15 is 0 Å². The molecule has 1 amide bonds. The number of nitrogens with one attached hydrogen (secondary N) is 1. The van der Waals surface area contributed by atoms with E-state index in [1.165, 1.54) is 44.9 Å². The van der Waals surface area contributed by atoms with Crippen molar-refractivity contribution in [1.82, 2.24) is 5.43 Å². The van der Waals surface area contributed by atoms with Crippen LogP contribution < -0.4 is 5.43 Å². The van der Waals surface area contributed by atoms with E-state index in [1.54, 1.807) is 0 Å². The molecule has 4 bridgehead atoms. The molecule has 104 valence electrons. The standard InChI is InChI=1S/C16H24N2O/c19-16(15-8-11-2-4-13(15)6-11)18-17-9-14-7-10-1-3-12(14)5-10/h9-15H,1-8H2,(H,18,19)/b17-9-/t10-,11-,12-,13-,14-,15-/m0/s1. The molecular formula is C16H24N2O. The van der Waals surface area contributed by atoms with Crippen LogP contribution in [0.2, 0.25) is 0 Å². The molecule has 0 aromatic rings. The van der Waals surface area contributed by atoms with Gasteiger partial charge in [0.05, 0.1) is 0 Å². The Hall–Kier alpha value is -0.860. The van der Waals surface area contributed by atoms with Crippen LogP contribution in [0.25, 0.3) is 0 Å². The van der Waals surface area contributed by atoms with Crippen molar-refractivity contribution >= 4 is 12.1 Å². The van der Waals surface area contributed by atoms with Crippen LogP contribution in [0.4, 0.5) is 0 Å². The minimum Gasteiger partial charge on any atom is -0.273 e. The Morgan fingerprint density at radius 2 is 1.68 bits per heavy atom. The van der Waals surface area contributed by atoms with E-state index < -0.39 is 0 Å². The van der Waals surface area contributed by atoms with Crippen LogP contribution in [0.1, 0.15) is 51.4 Å². The minimum atomic E-state index is 0.187. The SMILES string of the molecule is O=C(N/N=C\[C@@H]1C[C@H]2CC[C@H]1C2)[C@H]1C[C@H]2CC[C@H]1C2. The third-order valence-electron chi connectivity index (χ3n) is 6.31. The van der Waals surface area contributed by atoms with Crippen molar-refractivity contribution in [2.24, 2.45) is 40.6 Å². The smallest absolute Gasteiger partial charge is 0.243 e. The van der Waals surface area contributed by atoms with Gasteiger partial charge in [-0.05, 0) is 68.1 Å². The molecule has 0 spiro atoms. The van der Waals surface area contributed by atoms with Gasteiger partial charge in [0.2, 0.25) is 5.91 Å². The van der Waals surface area contributed by atoms with Crippen molar-refractivity contribution in [3.05, 3.63) is 0 Å². The van der Waals surface area contributed by atoms with Gasteiger partial charge in [0, 0.05) is 12.1 Å². The maximum atomic E-state index is 12.1. The Morgan fingerprint density at radius 3 is 2.26 bits per heavy atom. The van der Waals surface area contributed by atoms with Gasteiger partial charge in [-0.3, -0.25) is 4.79 Å². The maximum absolute atomic E-state index is 12.1. The average Bonchev–Trinajstić information content (AvgIpc) is 3.18. The molecule has 3 heteroatoms. The number of hydrogen-bond acceptors (Lipinski definition) is 2. The number of carbonyl (C=O) groups is 1. The van der Waals surface area contributed by atoms with Crippen LogP contribution in [-0.2, 0) is 4.79 Å². The zero-order valence-corrected chi connectivity index (χ0v) is 11.6. The van der Waals surface area contributed by atoms with E-state index in [2.05, 4.69) is 10.5 Å². The Bertz CT molecular complexity index is 406. The lowest BCUT2D eigenvalue weighted by atomic mass is 9.88. The van der Waals surface area contributed by atoms with Gasteiger partial charge in [-0.25, -0.2) is 5.43 Å². The van der Waals surface area contributed by atoms with Crippen molar-refractivity contribution in [3.63, 3.8) is 0 Å². The van der Waals surface area contributed by atoms with Crippen molar-refractivity contribution in [1.29, 1.82) is 0 Å². The van der Waals surface area contributed by atoms with E-state index in [0.717, 1.165) is 24.2 Å². The van der Waals surface area contributed by atoms with Crippen molar-refractivity contribution < 1.29 is 4.79 Å². The quantitative estimate of drug-likeness (QED) is 0.615. The van der Waals surface area contributed by atoms with Gasteiger partial charge in [-0.1, -0.05) is 12.8 Å². The van der Waals surface area contributed by atoms with E-state index in [-0.39, 0.29) is 11.8 Å². The molecule has 0 aromatic heterocycles. The van der Waals surface area contributed by atoms with Crippen LogP contribution >= 0.6 is 0 Å². The summed E-state index contributed by atoms with van der Waals surface area (Å²) in [7, 11) is 0. The zero-order chi connectivity index (χ0) is 12.8. The number of amides is 1. The molecule has 0 saturated heterocycles. The van der Waals surface area contributed by atoms with Gasteiger partial charge in [-0.15, -0.1) is 0 Å². The van der Waals surface area contributed by atoms with Gasteiger partial charge < -0.3 is 0 Å². The second-order valence-electron chi connectivity index (χ2n) is 7.37. The summed E-state index contributed by atoms with van der Waals surface area (Å²) < 4.78 is 0. The third kappa shape index (κ3) is 2.11. The lowest BCUT2D eigenvalue weighted by Gasteiger charge is -2.20. The second-order valence-corrected chi connectivity index (χ2v) is 7.37. The molecule has 1 N–H and O–H groups in total. The Morgan fingerprint density at radius 1 is 0.947 bits per heavy atom. The fourth-order valence-electron chi connectivity index (χ4n) is 5.32. The topological polar surface area (TPSA) is 41.5 Å². The summed E-state index contributed by atoms with van der Waals surface area (Å²) in [4.78, 5) is 12.1. The first kappa shape index (κ1) is 11.9. The van der Waals surface area contributed by atoms with Crippen LogP contribution in [0, 0.1) is 35.5 Å². The third-order valence-corrected chi connectivity index (χ3v) is 6.31. The van der Waals surface area contributed by atoms with Gasteiger partial charge in [-0.2, -0.15) is 5.10 Å². The number of nitrogens with zero attached hydrogens (tertiary/aromatic N) is 1. The maximum Gasteiger partial charge on any atom is 0.243 e. The zero-order valence-electron chi connectivity index (χ0n) is 11.6. The van der Waals surface area contributed by atoms with Gasteiger partial charge in [0.1, 0.15) is 0 Å². The highest BCUT2D eigenvalue weighted by molar-refractivity contribution is 5.80. The first-order valence-electron chi connectivity index (χ1n) is 8.12. The van der Waals surface area contributed by atoms with Crippen molar-refractivity contribution in [3.8, 4) is 0 Å². The predicted molar refractivity (Wildman–Crippen MR) is 74.5 cm³/mol. The summed E-state index contributed by atoms with van der Waals surface area (Å²) in [6.45, 7) is 0. The number of fused-ring (bicyclic) bond motifs is 4. The summed E-state index contributed by atoms with van der Waals surface area (Å²) in [5.74, 6) is 4.37. The Labute approximate surface area is 115 Å². The van der Waals surface area contributed by atoms with Crippen LogP contribution in [-0.4, -0.2) is 12.1 Å². The van der Waals surface area contributed by atoms with Gasteiger partial charge >= 0.3 is 0 Å². The lowest BCUT2D eigenvalue weighted by Crippen LogP contribution is -2.31. The van der Waals surface area contributed by atoms with E-state index in [1.807, 2.05) is 6.21 Å². The van der Waals surface area contributed by atoms with Crippen molar-refractivity contribution in [2.75, 3.05) is 0 Å². The monoisotopic (exact) mass is 260 g/mol. The molecule has 4 aliphatic carbocycles. The molecule has 3 nitrogen and oxygen atoms in total. The molecule has 4 aliphatic rings. The highest BCUT2D eigenvalue weighted by Crippen LogP contribution is 2.48. The second kappa shape index (κ2) is 4.60. The number of hydrogen-bond donors (Lipinski definition) is 1. The molecule has 4 saturated carbocycles. The molecule has 6 atom stereocenters. The van der Waals surface area contributed by atoms with E-state index in [4.69, 9.17) is 0 Å². The van der Waals surface area contributed by atoms with Gasteiger partial charge in [0.15, 0.2) is 0 Å². The van der Waals surface area contributed by atoms with Crippen LogP contribution in [0.15, 0.2) is 5.10 Å². The fourth-order valence-corrected chi connectivity index (χ4v) is 5.32. The Balaban J connectivity index is 1.29. The molecular weight excluding hydrogens is 236 g/mol. The Kier molecular flexibility index (Phi) is 2.89. The summed E-state index contributed by atoms with van der Waals surface area (Å²) in [6.07, 6.45) is 12.5. The molecule has 0 heterocycles. The molecule has 19 heavy (non-hydrogen) atoms. The van der Waals surface area contributed by atoms with Gasteiger partial charge in [0.25, 0.3) is 0 Å². The molecule has 0 aromatic carbocycles. The van der Waals surface area contributed by atoms with Crippen LogP contribution in [0.3, 0.4) is 0 Å². The summed E-state index contributed by atoms with van der Waals surface area (Å²) in [5.41, 5.74) is 2.83. The normalized spacial score (nSPS) is 47.4. The van der Waals surface area contributed by atoms with Crippen LogP contribution in [0.5, 0.6) is 0 Å². The molecule has 0 radical (unpaired) electrons. The molecule has 4 fully saturated rings. The number of carbonyl (C=O) groups excluding carboxylic acids is 1. The highest BCUT2D eigenvalue weighted by Gasteiger charge is 2.43. The predicted octanol–water partition coefficient (Wildman–Crippen LogP) is 2.96. The number of hydrazone groups is 1. The number of rotatable bonds is 3. The summed E-state index contributed by atoms with van der Waals surface area (Å²) in [6, 6.07) is 0. The van der Waals surface area contributed by atoms with Crippen molar-refractivity contribution in [2.45, 2.75) is 51.4 Å². The summed E-state index contributed by atoms with van der Waals surface area (Å²) in [5, 5.41) is 4.28. The molecule has 4 rings (SSSR count). The lowest BCUT2D eigenvalue weighted by molar-refractivity contribution is -0.126. The average molecular weight is 260 g/mol. The minimum absolute atomic E-state index is 0.187. The summed E-state index contributed by atoms with van der Waals surface area (Å²) >= 11 is 0. The first-order chi connectivity index (χ1) is 9.29. The van der Waals surface area contributed by atoms with E-state index in [9.17, 15) is 4.79 Å². The van der Waals surface area contributed by atoms with E-state index in [0.29, 0.717) is 11.8 Å². The first-order valence-corrected chi connectivity index (χ1v) is 8.12. The fraction of sp³-hybridized carbons (Fsp3) is 0.875. The highest BCUT2D eigenvalue weighted by atomic mass is 16.2. The largest absolute Gasteiger partial charge is 0.273 e. The molecule has 0 unspecified atom stereocenters.